The van der Waals surface area contributed by atoms with Crippen LogP contribution in [-0.2, 0) is 4.79 Å². The van der Waals surface area contributed by atoms with Crippen LogP contribution in [0.25, 0.3) is 0 Å². The van der Waals surface area contributed by atoms with Crippen molar-refractivity contribution in [1.82, 2.24) is 0 Å². The lowest BCUT2D eigenvalue weighted by molar-refractivity contribution is -0.117. The van der Waals surface area contributed by atoms with Crippen LogP contribution in [0.4, 0.5) is 10.1 Å². The van der Waals surface area contributed by atoms with Gasteiger partial charge in [-0.25, -0.2) is 4.39 Å². The fourth-order valence-electron chi connectivity index (χ4n) is 1.76. The molecule has 1 atom stereocenters. The van der Waals surface area contributed by atoms with E-state index in [4.69, 9.17) is 0 Å². The average Bonchev–Trinajstić information content (AvgIpc) is 2.61. The van der Waals surface area contributed by atoms with Gasteiger partial charge in [-0.15, -0.1) is 6.58 Å². The standard InChI is InChI=1S/C12H12FNO/c1-2-9-7-12(15)14(8-9)11-5-3-10(13)4-6-11/h2-6,9H,1,7-8H2. The maximum atomic E-state index is 12.7. The number of rotatable bonds is 2. The van der Waals surface area contributed by atoms with E-state index in [0.29, 0.717) is 13.0 Å². The maximum absolute atomic E-state index is 12.7. The second-order valence-corrected chi connectivity index (χ2v) is 3.68. The first kappa shape index (κ1) is 9.90. The molecule has 0 aliphatic carbocycles. The van der Waals surface area contributed by atoms with Crippen molar-refractivity contribution in [3.8, 4) is 0 Å². The van der Waals surface area contributed by atoms with Crippen LogP contribution in [-0.4, -0.2) is 12.5 Å². The maximum Gasteiger partial charge on any atom is 0.227 e. The summed E-state index contributed by atoms with van der Waals surface area (Å²) < 4.78 is 12.7. The molecule has 1 amide bonds. The second kappa shape index (κ2) is 3.85. The predicted molar refractivity (Wildman–Crippen MR) is 57.1 cm³/mol. The van der Waals surface area contributed by atoms with Crippen LogP contribution >= 0.6 is 0 Å². The van der Waals surface area contributed by atoms with E-state index in [1.807, 2.05) is 0 Å². The molecule has 3 heteroatoms. The van der Waals surface area contributed by atoms with Crippen LogP contribution in [0.1, 0.15) is 6.42 Å². The summed E-state index contributed by atoms with van der Waals surface area (Å²) in [6.45, 7) is 4.33. The van der Waals surface area contributed by atoms with E-state index < -0.39 is 0 Å². The zero-order valence-corrected chi connectivity index (χ0v) is 8.32. The Morgan fingerprint density at radius 2 is 2.07 bits per heavy atom. The van der Waals surface area contributed by atoms with E-state index in [1.165, 1.54) is 12.1 Å². The number of nitrogens with zero attached hydrogens (tertiary/aromatic N) is 1. The summed E-state index contributed by atoms with van der Waals surface area (Å²) in [4.78, 5) is 13.3. The van der Waals surface area contributed by atoms with Gasteiger partial charge in [0.1, 0.15) is 5.82 Å². The molecule has 0 aromatic heterocycles. The van der Waals surface area contributed by atoms with Crippen molar-refractivity contribution in [3.05, 3.63) is 42.7 Å². The summed E-state index contributed by atoms with van der Waals surface area (Å²) in [5, 5.41) is 0. The Labute approximate surface area is 88.0 Å². The van der Waals surface area contributed by atoms with Gasteiger partial charge in [-0.05, 0) is 24.3 Å². The molecule has 1 unspecified atom stereocenters. The van der Waals surface area contributed by atoms with Crippen LogP contribution in [0.15, 0.2) is 36.9 Å². The molecule has 0 bridgehead atoms. The summed E-state index contributed by atoms with van der Waals surface area (Å²) in [6, 6.07) is 5.98. The number of benzene rings is 1. The smallest absolute Gasteiger partial charge is 0.227 e. The lowest BCUT2D eigenvalue weighted by Gasteiger charge is -2.15. The van der Waals surface area contributed by atoms with Gasteiger partial charge in [0, 0.05) is 24.6 Å². The zero-order valence-electron chi connectivity index (χ0n) is 8.32. The third-order valence-electron chi connectivity index (χ3n) is 2.63. The first-order valence-corrected chi connectivity index (χ1v) is 4.89. The molecular formula is C12H12FNO. The zero-order chi connectivity index (χ0) is 10.8. The quantitative estimate of drug-likeness (QED) is 0.679. The molecule has 1 saturated heterocycles. The number of hydrogen-bond acceptors (Lipinski definition) is 1. The Hall–Kier alpha value is -1.64. The van der Waals surface area contributed by atoms with Gasteiger partial charge in [-0.3, -0.25) is 4.79 Å². The molecule has 78 valence electrons. The largest absolute Gasteiger partial charge is 0.312 e. The average molecular weight is 205 g/mol. The fourth-order valence-corrected chi connectivity index (χ4v) is 1.76. The van der Waals surface area contributed by atoms with Crippen LogP contribution in [0.3, 0.4) is 0 Å². The normalized spacial score (nSPS) is 20.7. The van der Waals surface area contributed by atoms with E-state index >= 15 is 0 Å². The monoisotopic (exact) mass is 205 g/mol. The minimum atomic E-state index is -0.286. The molecule has 2 rings (SSSR count). The molecule has 1 aromatic carbocycles. The summed E-state index contributed by atoms with van der Waals surface area (Å²) in [7, 11) is 0. The molecule has 15 heavy (non-hydrogen) atoms. The molecule has 1 heterocycles. The fraction of sp³-hybridized carbons (Fsp3) is 0.250. The molecule has 0 N–H and O–H groups in total. The Morgan fingerprint density at radius 1 is 1.40 bits per heavy atom. The Balaban J connectivity index is 2.21. The minimum Gasteiger partial charge on any atom is -0.312 e. The van der Waals surface area contributed by atoms with E-state index in [-0.39, 0.29) is 17.6 Å². The molecule has 1 aliphatic heterocycles. The molecule has 1 fully saturated rings. The molecular weight excluding hydrogens is 193 g/mol. The van der Waals surface area contributed by atoms with Crippen molar-refractivity contribution >= 4 is 11.6 Å². The summed E-state index contributed by atoms with van der Waals surface area (Å²) >= 11 is 0. The van der Waals surface area contributed by atoms with Crippen LogP contribution in [0.5, 0.6) is 0 Å². The van der Waals surface area contributed by atoms with Crippen LogP contribution in [0.2, 0.25) is 0 Å². The summed E-state index contributed by atoms with van der Waals surface area (Å²) in [5.74, 6) is -0.000252. The molecule has 0 saturated carbocycles. The molecule has 1 aliphatic rings. The first-order valence-electron chi connectivity index (χ1n) is 4.89. The van der Waals surface area contributed by atoms with E-state index in [2.05, 4.69) is 6.58 Å². The predicted octanol–water partition coefficient (Wildman–Crippen LogP) is 2.36. The van der Waals surface area contributed by atoms with Gasteiger partial charge in [0.2, 0.25) is 5.91 Å². The van der Waals surface area contributed by atoms with Crippen molar-refractivity contribution in [2.24, 2.45) is 5.92 Å². The third-order valence-corrected chi connectivity index (χ3v) is 2.63. The number of anilines is 1. The first-order chi connectivity index (χ1) is 7.20. The summed E-state index contributed by atoms with van der Waals surface area (Å²) in [5.41, 5.74) is 0.755. The highest BCUT2D eigenvalue weighted by molar-refractivity contribution is 5.95. The highest BCUT2D eigenvalue weighted by atomic mass is 19.1. The third kappa shape index (κ3) is 1.91. The number of carbonyl (C=O) groups is 1. The summed E-state index contributed by atoms with van der Waals surface area (Å²) in [6.07, 6.45) is 2.29. The Morgan fingerprint density at radius 3 is 2.60 bits per heavy atom. The number of hydrogen-bond donors (Lipinski definition) is 0. The second-order valence-electron chi connectivity index (χ2n) is 3.68. The van der Waals surface area contributed by atoms with Gasteiger partial charge in [0.15, 0.2) is 0 Å². The molecule has 1 aromatic rings. The number of carbonyl (C=O) groups excluding carboxylic acids is 1. The van der Waals surface area contributed by atoms with Crippen molar-refractivity contribution in [2.45, 2.75) is 6.42 Å². The van der Waals surface area contributed by atoms with Gasteiger partial charge >= 0.3 is 0 Å². The molecule has 0 radical (unpaired) electrons. The Kier molecular flexibility index (Phi) is 2.54. The van der Waals surface area contributed by atoms with Gasteiger partial charge < -0.3 is 4.90 Å². The Bertz CT molecular complexity index is 385. The van der Waals surface area contributed by atoms with E-state index in [9.17, 15) is 9.18 Å². The van der Waals surface area contributed by atoms with Crippen molar-refractivity contribution in [2.75, 3.05) is 11.4 Å². The van der Waals surface area contributed by atoms with Crippen molar-refractivity contribution in [1.29, 1.82) is 0 Å². The van der Waals surface area contributed by atoms with Gasteiger partial charge in [-0.1, -0.05) is 6.08 Å². The lowest BCUT2D eigenvalue weighted by Crippen LogP contribution is -2.24. The van der Waals surface area contributed by atoms with Crippen molar-refractivity contribution in [3.63, 3.8) is 0 Å². The van der Waals surface area contributed by atoms with E-state index in [0.717, 1.165) is 5.69 Å². The van der Waals surface area contributed by atoms with Gasteiger partial charge in [0.05, 0.1) is 0 Å². The SMILES string of the molecule is C=CC1CC(=O)N(c2ccc(F)cc2)C1. The van der Waals surface area contributed by atoms with E-state index in [1.54, 1.807) is 23.1 Å². The highest BCUT2D eigenvalue weighted by Gasteiger charge is 2.28. The van der Waals surface area contributed by atoms with Crippen molar-refractivity contribution < 1.29 is 9.18 Å². The van der Waals surface area contributed by atoms with Crippen LogP contribution in [0, 0.1) is 11.7 Å². The molecule has 0 spiro atoms. The van der Waals surface area contributed by atoms with Gasteiger partial charge in [-0.2, -0.15) is 0 Å². The topological polar surface area (TPSA) is 20.3 Å². The number of halogens is 1. The minimum absolute atomic E-state index is 0.0755. The lowest BCUT2D eigenvalue weighted by atomic mass is 10.1. The van der Waals surface area contributed by atoms with Gasteiger partial charge in [0.25, 0.3) is 0 Å². The number of amides is 1. The molecule has 2 nitrogen and oxygen atoms in total. The van der Waals surface area contributed by atoms with Crippen LogP contribution < -0.4 is 4.90 Å². The highest BCUT2D eigenvalue weighted by Crippen LogP contribution is 2.25.